The molecular formula is C19H20N6O2S. The molecule has 1 N–H and O–H groups in total. The molecule has 1 fully saturated rings. The first-order valence-corrected chi connectivity index (χ1v) is 9.86. The zero-order valence-electron chi connectivity index (χ0n) is 15.4. The molecule has 1 aromatic carbocycles. The molecule has 0 bridgehead atoms. The van der Waals surface area contributed by atoms with Crippen LogP contribution < -0.4 is 15.0 Å². The number of amides is 1. The number of nitrogens with one attached hydrogen (secondary N) is 1. The van der Waals surface area contributed by atoms with Gasteiger partial charge in [-0.25, -0.2) is 0 Å². The molecule has 3 heterocycles. The molecule has 144 valence electrons. The number of anilines is 2. The average molecular weight is 396 g/mol. The lowest BCUT2D eigenvalue weighted by molar-refractivity contribution is -0.115. The molecule has 0 aliphatic carbocycles. The number of aryl methyl sites for hydroxylation is 1. The Morgan fingerprint density at radius 3 is 2.96 bits per heavy atom. The minimum absolute atomic E-state index is 0.00507. The van der Waals surface area contributed by atoms with Crippen molar-refractivity contribution in [3.05, 3.63) is 53.7 Å². The third-order valence-corrected chi connectivity index (χ3v) is 5.29. The first-order valence-electron chi connectivity index (χ1n) is 9.04. The lowest BCUT2D eigenvalue weighted by Gasteiger charge is -2.16. The fraction of sp³-hybridized carbons (Fsp3) is 0.316. The van der Waals surface area contributed by atoms with E-state index >= 15 is 0 Å². The van der Waals surface area contributed by atoms with Crippen LogP contribution in [0.15, 0.2) is 42.6 Å². The number of nitrogens with zero attached hydrogens (tertiary/aromatic N) is 5. The molecule has 2 aromatic heterocycles. The van der Waals surface area contributed by atoms with Crippen molar-refractivity contribution in [2.45, 2.75) is 25.9 Å². The summed E-state index contributed by atoms with van der Waals surface area (Å²) in [4.78, 5) is 14.4. The summed E-state index contributed by atoms with van der Waals surface area (Å²) in [6, 6.07) is 11.6. The van der Waals surface area contributed by atoms with Gasteiger partial charge in [0.15, 0.2) is 5.82 Å². The van der Waals surface area contributed by atoms with Crippen molar-refractivity contribution < 1.29 is 9.53 Å². The molecule has 1 amide bonds. The highest BCUT2D eigenvalue weighted by atomic mass is 32.1. The average Bonchev–Trinajstić information content (AvgIpc) is 3.34. The predicted molar refractivity (Wildman–Crippen MR) is 107 cm³/mol. The van der Waals surface area contributed by atoms with Crippen molar-refractivity contribution in [3.63, 3.8) is 0 Å². The van der Waals surface area contributed by atoms with E-state index in [1.54, 1.807) is 6.20 Å². The Balaban J connectivity index is 1.30. The van der Waals surface area contributed by atoms with E-state index in [1.165, 1.54) is 11.3 Å². The van der Waals surface area contributed by atoms with Gasteiger partial charge in [-0.15, -0.1) is 10.2 Å². The summed E-state index contributed by atoms with van der Waals surface area (Å²) in [6.45, 7) is 3.56. The van der Waals surface area contributed by atoms with Crippen molar-refractivity contribution in [2.24, 2.45) is 0 Å². The Labute approximate surface area is 166 Å². The third kappa shape index (κ3) is 4.42. The van der Waals surface area contributed by atoms with Crippen LogP contribution in [-0.2, 0) is 11.2 Å². The van der Waals surface area contributed by atoms with E-state index in [9.17, 15) is 4.79 Å². The molecule has 0 radical (unpaired) electrons. The molecule has 3 aromatic rings. The summed E-state index contributed by atoms with van der Waals surface area (Å²) >= 11 is 1.24. The van der Waals surface area contributed by atoms with Crippen molar-refractivity contribution in [1.29, 1.82) is 0 Å². The van der Waals surface area contributed by atoms with Gasteiger partial charge in [0.05, 0.1) is 13.0 Å². The zero-order valence-corrected chi connectivity index (χ0v) is 16.2. The van der Waals surface area contributed by atoms with Crippen LogP contribution in [0.5, 0.6) is 5.19 Å². The summed E-state index contributed by atoms with van der Waals surface area (Å²) in [6.07, 6.45) is 2.83. The summed E-state index contributed by atoms with van der Waals surface area (Å²) in [7, 11) is 0. The molecular weight excluding hydrogens is 376 g/mol. The SMILES string of the molecule is Cc1ccccc1CC(=O)Nc1nnc(O[C@@H]2CCN(c3cccnn3)C2)s1. The number of benzene rings is 1. The summed E-state index contributed by atoms with van der Waals surface area (Å²) in [5.74, 6) is 0.724. The second kappa shape index (κ2) is 8.30. The van der Waals surface area contributed by atoms with E-state index in [0.717, 1.165) is 29.9 Å². The molecule has 1 atom stereocenters. The fourth-order valence-corrected chi connectivity index (χ4v) is 3.77. The molecule has 0 spiro atoms. The minimum Gasteiger partial charge on any atom is -0.464 e. The summed E-state index contributed by atoms with van der Waals surface area (Å²) < 4.78 is 5.93. The van der Waals surface area contributed by atoms with Crippen LogP contribution >= 0.6 is 11.3 Å². The van der Waals surface area contributed by atoms with Crippen LogP contribution in [0.25, 0.3) is 0 Å². The number of carbonyl (C=O) groups is 1. The maximum Gasteiger partial charge on any atom is 0.296 e. The standard InChI is InChI=1S/C19H20N6O2S/c1-13-5-2-3-6-14(13)11-17(26)21-18-23-24-19(28-18)27-15-8-10-25(12-15)16-7-4-9-20-22-16/h2-7,9,15H,8,10-12H2,1H3,(H,21,23,26)/t15-/m1/s1. The van der Waals surface area contributed by atoms with Crippen LogP contribution in [0.2, 0.25) is 0 Å². The Kier molecular flexibility index (Phi) is 5.43. The highest BCUT2D eigenvalue weighted by molar-refractivity contribution is 7.17. The van der Waals surface area contributed by atoms with Crippen LogP contribution in [-0.4, -0.2) is 45.5 Å². The monoisotopic (exact) mass is 396 g/mol. The van der Waals surface area contributed by atoms with Crippen LogP contribution in [0, 0.1) is 6.92 Å². The van der Waals surface area contributed by atoms with E-state index in [1.807, 2.05) is 43.3 Å². The Bertz CT molecular complexity index is 948. The van der Waals surface area contributed by atoms with Crippen molar-refractivity contribution >= 4 is 28.2 Å². The molecule has 1 aliphatic heterocycles. The summed E-state index contributed by atoms with van der Waals surface area (Å²) in [5, 5.41) is 19.8. The highest BCUT2D eigenvalue weighted by Crippen LogP contribution is 2.26. The zero-order chi connectivity index (χ0) is 19.3. The van der Waals surface area contributed by atoms with Gasteiger partial charge in [0, 0.05) is 19.2 Å². The molecule has 4 rings (SSSR count). The van der Waals surface area contributed by atoms with Crippen LogP contribution in [0.3, 0.4) is 0 Å². The maximum absolute atomic E-state index is 12.3. The first kappa shape index (κ1) is 18.3. The maximum atomic E-state index is 12.3. The summed E-state index contributed by atoms with van der Waals surface area (Å²) in [5.41, 5.74) is 2.09. The molecule has 1 saturated heterocycles. The Morgan fingerprint density at radius 1 is 1.25 bits per heavy atom. The number of hydrogen-bond donors (Lipinski definition) is 1. The lowest BCUT2D eigenvalue weighted by Crippen LogP contribution is -2.25. The quantitative estimate of drug-likeness (QED) is 0.684. The van der Waals surface area contributed by atoms with Gasteiger partial charge < -0.3 is 15.0 Å². The smallest absolute Gasteiger partial charge is 0.296 e. The highest BCUT2D eigenvalue weighted by Gasteiger charge is 2.26. The minimum atomic E-state index is -0.119. The first-order chi connectivity index (χ1) is 13.7. The largest absolute Gasteiger partial charge is 0.464 e. The Hall–Kier alpha value is -3.07. The van der Waals surface area contributed by atoms with Gasteiger partial charge in [0.25, 0.3) is 5.19 Å². The van der Waals surface area contributed by atoms with Crippen LogP contribution in [0.1, 0.15) is 17.5 Å². The van der Waals surface area contributed by atoms with Gasteiger partial charge in [0.1, 0.15) is 6.10 Å². The molecule has 1 aliphatic rings. The van der Waals surface area contributed by atoms with Crippen molar-refractivity contribution in [3.8, 4) is 5.19 Å². The molecule has 0 saturated carbocycles. The van der Waals surface area contributed by atoms with Crippen LogP contribution in [0.4, 0.5) is 10.9 Å². The number of carbonyl (C=O) groups excluding carboxylic acids is 1. The van der Waals surface area contributed by atoms with E-state index in [0.29, 0.717) is 23.3 Å². The van der Waals surface area contributed by atoms with Crippen molar-refractivity contribution in [2.75, 3.05) is 23.3 Å². The van der Waals surface area contributed by atoms with E-state index in [4.69, 9.17) is 4.74 Å². The number of ether oxygens (including phenoxy) is 1. The normalized spacial score (nSPS) is 16.2. The van der Waals surface area contributed by atoms with Gasteiger partial charge in [-0.05, 0) is 41.5 Å². The molecule has 9 heteroatoms. The van der Waals surface area contributed by atoms with Gasteiger partial charge >= 0.3 is 0 Å². The molecule has 8 nitrogen and oxygen atoms in total. The van der Waals surface area contributed by atoms with E-state index < -0.39 is 0 Å². The van der Waals surface area contributed by atoms with E-state index in [-0.39, 0.29) is 12.0 Å². The van der Waals surface area contributed by atoms with Gasteiger partial charge in [-0.3, -0.25) is 4.79 Å². The fourth-order valence-electron chi connectivity index (χ4n) is 3.09. The topological polar surface area (TPSA) is 93.1 Å². The second-order valence-electron chi connectivity index (χ2n) is 6.58. The van der Waals surface area contributed by atoms with Gasteiger partial charge in [-0.2, -0.15) is 5.10 Å². The predicted octanol–water partition coefficient (Wildman–Crippen LogP) is 2.48. The second-order valence-corrected chi connectivity index (χ2v) is 7.52. The number of aromatic nitrogens is 4. The third-order valence-electron chi connectivity index (χ3n) is 4.56. The Morgan fingerprint density at radius 2 is 2.14 bits per heavy atom. The van der Waals surface area contributed by atoms with Gasteiger partial charge in [0.2, 0.25) is 11.0 Å². The number of hydrogen-bond acceptors (Lipinski definition) is 8. The van der Waals surface area contributed by atoms with E-state index in [2.05, 4.69) is 30.6 Å². The van der Waals surface area contributed by atoms with Gasteiger partial charge in [-0.1, -0.05) is 29.4 Å². The molecule has 0 unspecified atom stereocenters. The number of rotatable bonds is 6. The van der Waals surface area contributed by atoms with Crippen molar-refractivity contribution in [1.82, 2.24) is 20.4 Å². The molecule has 28 heavy (non-hydrogen) atoms. The lowest BCUT2D eigenvalue weighted by atomic mass is 10.1.